The smallest absolute Gasteiger partial charge is 0.323 e. The van der Waals surface area contributed by atoms with Gasteiger partial charge in [0, 0.05) is 18.4 Å². The SMILES string of the molecule is CS(=O)(=O)c1ccc(CN2C(=O)C3COCCN3c3nc(-c4ccc5[nH]c(=O)[nH]c5c4)ncc32)cc1. The molecule has 1 fully saturated rings. The molecule has 12 heteroatoms. The van der Waals surface area contributed by atoms with E-state index in [0.29, 0.717) is 41.5 Å². The molecule has 11 nitrogen and oxygen atoms in total. The Balaban J connectivity index is 1.40. The Morgan fingerprint density at radius 1 is 1.08 bits per heavy atom. The quantitative estimate of drug-likeness (QED) is 0.424. The van der Waals surface area contributed by atoms with Crippen LogP contribution in [0.2, 0.25) is 0 Å². The maximum Gasteiger partial charge on any atom is 0.323 e. The van der Waals surface area contributed by atoms with Crippen LogP contribution in [0.15, 0.2) is 58.4 Å². The lowest BCUT2D eigenvalue weighted by atomic mass is 10.1. The van der Waals surface area contributed by atoms with Crippen LogP contribution in [-0.2, 0) is 25.9 Å². The van der Waals surface area contributed by atoms with E-state index in [9.17, 15) is 18.0 Å². The van der Waals surface area contributed by atoms with Crippen molar-refractivity contribution in [1.82, 2.24) is 19.9 Å². The Morgan fingerprint density at radius 2 is 1.86 bits per heavy atom. The van der Waals surface area contributed by atoms with Crippen LogP contribution in [0.4, 0.5) is 11.5 Å². The summed E-state index contributed by atoms with van der Waals surface area (Å²) in [6.07, 6.45) is 2.79. The highest BCUT2D eigenvalue weighted by atomic mass is 32.2. The molecule has 1 saturated heterocycles. The van der Waals surface area contributed by atoms with Gasteiger partial charge >= 0.3 is 5.69 Å². The molecular formula is C24H22N6O5S. The number of rotatable bonds is 4. The van der Waals surface area contributed by atoms with Crippen molar-refractivity contribution in [3.8, 4) is 11.4 Å². The predicted octanol–water partition coefficient (Wildman–Crippen LogP) is 1.47. The molecule has 0 aliphatic carbocycles. The van der Waals surface area contributed by atoms with Gasteiger partial charge in [0.1, 0.15) is 11.7 Å². The van der Waals surface area contributed by atoms with Crippen molar-refractivity contribution in [2.45, 2.75) is 17.5 Å². The standard InChI is InChI=1S/C24H22N6O5S/c1-36(33,34)16-5-2-14(3-6-16)12-30-19-11-25-21(15-4-7-17-18(10-15)27-24(32)26-17)28-22(19)29-8-9-35-13-20(29)23(30)31/h2-7,10-11,20H,8-9,12-13H2,1H3,(H2,26,27,32). The fourth-order valence-corrected chi connectivity index (χ4v) is 5.26. The normalized spacial score (nSPS) is 17.8. The van der Waals surface area contributed by atoms with Gasteiger partial charge in [-0.2, -0.15) is 0 Å². The lowest BCUT2D eigenvalue weighted by Crippen LogP contribution is -2.58. The molecule has 4 heterocycles. The number of aromatic amines is 2. The molecule has 2 N–H and O–H groups in total. The Bertz CT molecular complexity index is 1660. The number of carbonyl (C=O) groups is 1. The predicted molar refractivity (Wildman–Crippen MR) is 133 cm³/mol. The van der Waals surface area contributed by atoms with Crippen LogP contribution in [-0.4, -0.2) is 66.3 Å². The lowest BCUT2D eigenvalue weighted by molar-refractivity contribution is -0.122. The average molecular weight is 507 g/mol. The number of anilines is 2. The van der Waals surface area contributed by atoms with Crippen LogP contribution < -0.4 is 15.5 Å². The maximum absolute atomic E-state index is 13.5. The Kier molecular flexibility index (Phi) is 5.16. The van der Waals surface area contributed by atoms with Crippen LogP contribution in [0.5, 0.6) is 0 Å². The van der Waals surface area contributed by atoms with Crippen LogP contribution in [0.1, 0.15) is 5.56 Å². The third-order valence-electron chi connectivity index (χ3n) is 6.46. The molecule has 36 heavy (non-hydrogen) atoms. The summed E-state index contributed by atoms with van der Waals surface area (Å²) in [4.78, 5) is 43.8. The number of nitrogens with one attached hydrogen (secondary N) is 2. The molecule has 4 aromatic rings. The van der Waals surface area contributed by atoms with Crippen LogP contribution in [0.25, 0.3) is 22.4 Å². The molecule has 1 amide bonds. The number of hydrogen-bond donors (Lipinski definition) is 2. The fourth-order valence-electron chi connectivity index (χ4n) is 4.63. The highest BCUT2D eigenvalue weighted by Gasteiger charge is 2.41. The molecule has 1 unspecified atom stereocenters. The second kappa shape index (κ2) is 8.28. The summed E-state index contributed by atoms with van der Waals surface area (Å²) in [6.45, 7) is 1.48. The minimum absolute atomic E-state index is 0.128. The van der Waals surface area contributed by atoms with Gasteiger partial charge in [0.15, 0.2) is 21.5 Å². The maximum atomic E-state index is 13.5. The second-order valence-corrected chi connectivity index (χ2v) is 10.9. The topological polar surface area (TPSA) is 141 Å². The number of nitrogens with zero attached hydrogens (tertiary/aromatic N) is 4. The molecule has 2 aliphatic rings. The Hall–Kier alpha value is -4.03. The van der Waals surface area contributed by atoms with Gasteiger partial charge in [-0.15, -0.1) is 0 Å². The zero-order chi connectivity index (χ0) is 25.0. The van der Waals surface area contributed by atoms with Gasteiger partial charge in [-0.25, -0.2) is 23.2 Å². The number of sulfone groups is 1. The van der Waals surface area contributed by atoms with E-state index in [1.54, 1.807) is 35.4 Å². The summed E-state index contributed by atoms with van der Waals surface area (Å²) in [5, 5.41) is 0. The van der Waals surface area contributed by atoms with E-state index in [1.807, 2.05) is 11.0 Å². The van der Waals surface area contributed by atoms with E-state index < -0.39 is 15.9 Å². The molecule has 2 aromatic heterocycles. The fraction of sp³-hybridized carbons (Fsp3) is 0.250. The first-order valence-corrected chi connectivity index (χ1v) is 13.2. The zero-order valence-electron chi connectivity index (χ0n) is 19.3. The summed E-state index contributed by atoms with van der Waals surface area (Å²) in [5.41, 5.74) is 3.13. The first-order valence-electron chi connectivity index (χ1n) is 11.3. The van der Waals surface area contributed by atoms with Gasteiger partial charge in [0.25, 0.3) is 5.91 Å². The minimum Gasteiger partial charge on any atom is -0.377 e. The number of carbonyl (C=O) groups excluding carboxylic acids is 1. The number of amides is 1. The van der Waals surface area contributed by atoms with Crippen molar-refractivity contribution in [1.29, 1.82) is 0 Å². The van der Waals surface area contributed by atoms with Crippen molar-refractivity contribution in [3.05, 3.63) is 64.7 Å². The molecule has 2 aliphatic heterocycles. The first-order chi connectivity index (χ1) is 17.3. The van der Waals surface area contributed by atoms with E-state index in [4.69, 9.17) is 9.72 Å². The monoisotopic (exact) mass is 506 g/mol. The molecule has 0 bridgehead atoms. The second-order valence-electron chi connectivity index (χ2n) is 8.87. The number of H-pyrrole nitrogens is 2. The minimum atomic E-state index is -3.32. The number of fused-ring (bicyclic) bond motifs is 4. The lowest BCUT2D eigenvalue weighted by Gasteiger charge is -2.43. The van der Waals surface area contributed by atoms with E-state index in [1.165, 1.54) is 12.1 Å². The van der Waals surface area contributed by atoms with Crippen LogP contribution in [0.3, 0.4) is 0 Å². The first kappa shape index (κ1) is 22.4. The van der Waals surface area contributed by atoms with Gasteiger partial charge in [-0.1, -0.05) is 12.1 Å². The third-order valence-corrected chi connectivity index (χ3v) is 7.59. The zero-order valence-corrected chi connectivity index (χ0v) is 20.1. The summed E-state index contributed by atoms with van der Waals surface area (Å²) in [6, 6.07) is 11.4. The largest absolute Gasteiger partial charge is 0.377 e. The van der Waals surface area contributed by atoms with Crippen molar-refractivity contribution < 1.29 is 17.9 Å². The van der Waals surface area contributed by atoms with Crippen molar-refractivity contribution >= 4 is 38.3 Å². The summed E-state index contributed by atoms with van der Waals surface area (Å²) < 4.78 is 29.2. The van der Waals surface area contributed by atoms with Crippen molar-refractivity contribution in [3.63, 3.8) is 0 Å². The Morgan fingerprint density at radius 3 is 2.64 bits per heavy atom. The summed E-state index contributed by atoms with van der Waals surface area (Å²) in [5.74, 6) is 0.968. The van der Waals surface area contributed by atoms with Crippen molar-refractivity contribution in [2.75, 3.05) is 35.8 Å². The summed E-state index contributed by atoms with van der Waals surface area (Å²) in [7, 11) is -3.32. The van der Waals surface area contributed by atoms with Crippen LogP contribution in [0, 0.1) is 0 Å². The molecule has 0 radical (unpaired) electrons. The summed E-state index contributed by atoms with van der Waals surface area (Å²) >= 11 is 0. The molecule has 1 atom stereocenters. The Labute approximate surface area is 205 Å². The molecular weight excluding hydrogens is 484 g/mol. The van der Waals surface area contributed by atoms with Gasteiger partial charge in [0.2, 0.25) is 0 Å². The van der Waals surface area contributed by atoms with E-state index >= 15 is 0 Å². The highest BCUT2D eigenvalue weighted by molar-refractivity contribution is 7.90. The third kappa shape index (κ3) is 3.84. The number of imidazole rings is 1. The average Bonchev–Trinajstić information content (AvgIpc) is 3.25. The molecule has 6 rings (SSSR count). The van der Waals surface area contributed by atoms with E-state index in [-0.39, 0.29) is 29.6 Å². The number of morpholine rings is 1. The van der Waals surface area contributed by atoms with Crippen LogP contribution >= 0.6 is 0 Å². The molecule has 0 saturated carbocycles. The number of benzene rings is 2. The highest BCUT2D eigenvalue weighted by Crippen LogP contribution is 2.37. The van der Waals surface area contributed by atoms with E-state index in [2.05, 4.69) is 15.0 Å². The van der Waals surface area contributed by atoms with Crippen molar-refractivity contribution in [2.24, 2.45) is 0 Å². The van der Waals surface area contributed by atoms with Gasteiger partial charge in [-0.05, 0) is 35.9 Å². The van der Waals surface area contributed by atoms with E-state index in [0.717, 1.165) is 17.4 Å². The van der Waals surface area contributed by atoms with Gasteiger partial charge in [-0.3, -0.25) is 4.79 Å². The number of hydrogen-bond acceptors (Lipinski definition) is 8. The van der Waals surface area contributed by atoms with Gasteiger partial charge < -0.3 is 24.5 Å². The molecule has 0 spiro atoms. The number of ether oxygens (including phenoxy) is 1. The molecule has 2 aromatic carbocycles. The molecule has 184 valence electrons. The van der Waals surface area contributed by atoms with Gasteiger partial charge in [0.05, 0.1) is 41.9 Å². The number of aromatic nitrogens is 4.